The highest BCUT2D eigenvalue weighted by molar-refractivity contribution is 6.61. The van der Waals surface area contributed by atoms with E-state index in [1.807, 2.05) is 0 Å². The zero-order valence-corrected chi connectivity index (χ0v) is 23.6. The predicted molar refractivity (Wildman–Crippen MR) is 150 cm³/mol. The summed E-state index contributed by atoms with van der Waals surface area (Å²) in [5.41, 5.74) is 0.506. The van der Waals surface area contributed by atoms with Gasteiger partial charge in [-0.3, -0.25) is 9.59 Å². The van der Waals surface area contributed by atoms with Crippen molar-refractivity contribution < 1.29 is 32.7 Å². The van der Waals surface area contributed by atoms with Crippen LogP contribution in [0.1, 0.15) is 99.8 Å². The summed E-state index contributed by atoms with van der Waals surface area (Å²) in [6.45, 7) is 12.0. The first-order valence-electron chi connectivity index (χ1n) is 14.4. The SMILES string of the molecule is CCCC[N+](CCCC)(CCCC)CCCC.O=C1O[B-]2(OC(=O)c3ccccc3O2)Oc2ccccc21. The van der Waals surface area contributed by atoms with E-state index in [4.69, 9.17) is 18.6 Å². The molecule has 0 aliphatic carbocycles. The van der Waals surface area contributed by atoms with Crippen LogP contribution in [0.15, 0.2) is 48.5 Å². The van der Waals surface area contributed by atoms with Gasteiger partial charge in [-0.2, -0.15) is 0 Å². The number of benzene rings is 2. The zero-order chi connectivity index (χ0) is 27.4. The second kappa shape index (κ2) is 14.2. The lowest BCUT2D eigenvalue weighted by molar-refractivity contribution is -0.929. The average molecular weight is 525 g/mol. The fraction of sp³-hybridized carbons (Fsp3) is 0.533. The lowest BCUT2D eigenvalue weighted by Crippen LogP contribution is -2.61. The van der Waals surface area contributed by atoms with Crippen LogP contribution >= 0.6 is 0 Å². The van der Waals surface area contributed by atoms with Gasteiger partial charge in [-0.05, 0) is 49.9 Å². The van der Waals surface area contributed by atoms with Gasteiger partial charge in [0.1, 0.15) is 0 Å². The van der Waals surface area contributed by atoms with E-state index >= 15 is 0 Å². The number of para-hydroxylation sites is 2. The Hall–Kier alpha value is -3.00. The van der Waals surface area contributed by atoms with E-state index in [9.17, 15) is 9.59 Å². The summed E-state index contributed by atoms with van der Waals surface area (Å²) in [7, 11) is 0. The molecule has 1 spiro atoms. The van der Waals surface area contributed by atoms with Crippen LogP contribution in [0.3, 0.4) is 0 Å². The molecule has 0 aromatic heterocycles. The zero-order valence-electron chi connectivity index (χ0n) is 23.6. The molecule has 4 rings (SSSR count). The molecule has 0 N–H and O–H groups in total. The van der Waals surface area contributed by atoms with Crippen LogP contribution in [0, 0.1) is 0 Å². The summed E-state index contributed by atoms with van der Waals surface area (Å²) in [5, 5.41) is 0. The Kier molecular flexibility index (Phi) is 11.1. The molecule has 2 aromatic carbocycles. The van der Waals surface area contributed by atoms with Crippen LogP contribution in [0.2, 0.25) is 0 Å². The van der Waals surface area contributed by atoms with Crippen LogP contribution in [-0.4, -0.2) is 49.6 Å². The molecule has 2 aromatic rings. The number of hydrogen-bond acceptors (Lipinski definition) is 6. The molecule has 2 aliphatic heterocycles. The minimum atomic E-state index is -2.97. The highest BCUT2D eigenvalue weighted by atomic mass is 16.9. The standard InChI is InChI=1S/C16H36N.C14H8BO6/c1-5-9-13-17(14-10-6-2,15-11-7-3)16-12-8-4;16-13-9-5-1-3-7-11(9)18-15(20-13)19-12-8-4-2-6-10(12)14(17)21-15/h5-16H2,1-4H3;1-8H/q+1;-1. The minimum absolute atomic E-state index is 0.251. The van der Waals surface area contributed by atoms with E-state index in [-0.39, 0.29) is 22.6 Å². The van der Waals surface area contributed by atoms with Crippen molar-refractivity contribution in [2.24, 2.45) is 0 Å². The van der Waals surface area contributed by atoms with Gasteiger partial charge in [0.25, 0.3) is 0 Å². The molecule has 2 aliphatic rings. The molecule has 0 bridgehead atoms. The second-order valence-corrected chi connectivity index (χ2v) is 10.3. The fourth-order valence-corrected chi connectivity index (χ4v) is 4.97. The van der Waals surface area contributed by atoms with Gasteiger partial charge < -0.3 is 23.1 Å². The highest BCUT2D eigenvalue weighted by Crippen LogP contribution is 2.35. The summed E-state index contributed by atoms with van der Waals surface area (Å²) in [6, 6.07) is 13.0. The third kappa shape index (κ3) is 7.53. The number of rotatable bonds is 12. The second-order valence-electron chi connectivity index (χ2n) is 10.3. The minimum Gasteiger partial charge on any atom is -0.610 e. The Morgan fingerprint density at radius 2 is 0.895 bits per heavy atom. The third-order valence-corrected chi connectivity index (χ3v) is 7.20. The monoisotopic (exact) mass is 525 g/mol. The highest BCUT2D eigenvalue weighted by Gasteiger charge is 2.52. The molecule has 7 nitrogen and oxygen atoms in total. The number of carbonyl (C=O) groups is 2. The van der Waals surface area contributed by atoms with Gasteiger partial charge in [-0.15, -0.1) is 0 Å². The van der Waals surface area contributed by atoms with Crippen molar-refractivity contribution in [3.05, 3.63) is 59.7 Å². The molecule has 0 saturated heterocycles. The Labute approximate surface area is 228 Å². The molecule has 208 valence electrons. The Morgan fingerprint density at radius 1 is 0.553 bits per heavy atom. The van der Waals surface area contributed by atoms with Gasteiger partial charge in [-0.1, -0.05) is 77.6 Å². The van der Waals surface area contributed by atoms with Crippen LogP contribution in [-0.2, 0) is 9.31 Å². The van der Waals surface area contributed by atoms with Gasteiger partial charge in [0.15, 0.2) is 0 Å². The van der Waals surface area contributed by atoms with E-state index in [0.29, 0.717) is 0 Å². The van der Waals surface area contributed by atoms with Gasteiger partial charge >= 0.3 is 18.9 Å². The van der Waals surface area contributed by atoms with Crippen molar-refractivity contribution in [2.75, 3.05) is 26.2 Å². The molecule has 0 fully saturated rings. The van der Waals surface area contributed by atoms with E-state index in [1.54, 1.807) is 48.5 Å². The topological polar surface area (TPSA) is 71.1 Å². The molecule has 0 unspecified atom stereocenters. The molecule has 8 heteroatoms. The maximum Gasteiger partial charge on any atom is 0.781 e. The van der Waals surface area contributed by atoms with Crippen LogP contribution in [0.4, 0.5) is 0 Å². The van der Waals surface area contributed by atoms with Crippen molar-refractivity contribution in [3.63, 3.8) is 0 Å². The van der Waals surface area contributed by atoms with E-state index in [2.05, 4.69) is 27.7 Å². The normalized spacial score (nSPS) is 15.2. The Balaban J connectivity index is 0.000000217. The molecule has 0 saturated carbocycles. The molecule has 38 heavy (non-hydrogen) atoms. The number of nitrogens with zero attached hydrogens (tertiary/aromatic N) is 1. The fourth-order valence-electron chi connectivity index (χ4n) is 4.97. The van der Waals surface area contributed by atoms with Crippen LogP contribution < -0.4 is 9.31 Å². The summed E-state index contributed by atoms with van der Waals surface area (Å²) in [6.07, 6.45) is 11.1. The summed E-state index contributed by atoms with van der Waals surface area (Å²) in [4.78, 5) is 24.0. The first-order valence-corrected chi connectivity index (χ1v) is 14.4. The first kappa shape index (κ1) is 29.6. The van der Waals surface area contributed by atoms with Crippen molar-refractivity contribution in [1.82, 2.24) is 0 Å². The van der Waals surface area contributed by atoms with Crippen LogP contribution in [0.25, 0.3) is 0 Å². The van der Waals surface area contributed by atoms with Crippen LogP contribution in [0.5, 0.6) is 11.5 Å². The quantitative estimate of drug-likeness (QED) is 0.221. The first-order chi connectivity index (χ1) is 18.4. The average Bonchev–Trinajstić information content (AvgIpc) is 2.92. The van der Waals surface area contributed by atoms with E-state index < -0.39 is 18.9 Å². The van der Waals surface area contributed by atoms with E-state index in [1.165, 1.54) is 82.0 Å². The summed E-state index contributed by atoms with van der Waals surface area (Å²) in [5.74, 6) is -0.824. The number of hydrogen-bond donors (Lipinski definition) is 0. The third-order valence-electron chi connectivity index (χ3n) is 7.20. The molecular formula is C30H44BNO6. The maximum atomic E-state index is 12.0. The maximum absolute atomic E-state index is 12.0. The Morgan fingerprint density at radius 3 is 1.24 bits per heavy atom. The largest absolute Gasteiger partial charge is 0.781 e. The molecule has 0 atom stereocenters. The summed E-state index contributed by atoms with van der Waals surface area (Å²) >= 11 is 0. The van der Waals surface area contributed by atoms with Gasteiger partial charge in [0, 0.05) is 0 Å². The van der Waals surface area contributed by atoms with E-state index in [0.717, 1.165) is 0 Å². The summed E-state index contributed by atoms with van der Waals surface area (Å²) < 4.78 is 22.7. The van der Waals surface area contributed by atoms with Crippen molar-refractivity contribution >= 4 is 18.9 Å². The van der Waals surface area contributed by atoms with Crippen molar-refractivity contribution in [3.8, 4) is 11.5 Å². The number of carbonyl (C=O) groups excluding carboxylic acids is 2. The van der Waals surface area contributed by atoms with Gasteiger partial charge in [-0.25, -0.2) is 0 Å². The number of unbranched alkanes of at least 4 members (excludes halogenated alkanes) is 4. The smallest absolute Gasteiger partial charge is 0.610 e. The molecule has 0 radical (unpaired) electrons. The lowest BCUT2D eigenvalue weighted by Gasteiger charge is -2.45. The molecule has 2 heterocycles. The lowest BCUT2D eigenvalue weighted by atomic mass is 9.96. The number of fused-ring (bicyclic) bond motifs is 2. The van der Waals surface area contributed by atoms with Gasteiger partial charge in [0.05, 0.1) is 48.8 Å². The predicted octanol–water partition coefficient (Wildman–Crippen LogP) is 6.92. The van der Waals surface area contributed by atoms with Gasteiger partial charge in [0.2, 0.25) is 0 Å². The molecular weight excluding hydrogens is 481 g/mol. The number of quaternary nitrogens is 1. The van der Waals surface area contributed by atoms with Crippen molar-refractivity contribution in [1.29, 1.82) is 0 Å². The Bertz CT molecular complexity index is 956. The van der Waals surface area contributed by atoms with Crippen molar-refractivity contribution in [2.45, 2.75) is 79.1 Å². The molecule has 0 amide bonds.